The minimum absolute atomic E-state index is 0.0505. The predicted molar refractivity (Wildman–Crippen MR) is 103 cm³/mol. The monoisotopic (exact) mass is 358 g/mol. The number of aryl methyl sites for hydroxylation is 2. The summed E-state index contributed by atoms with van der Waals surface area (Å²) in [4.78, 5) is 23.6. The summed E-state index contributed by atoms with van der Waals surface area (Å²) in [6.07, 6.45) is 2.11. The summed E-state index contributed by atoms with van der Waals surface area (Å²) in [6.45, 7) is 9.57. The standard InChI is InChI=1S/C19H26N4OS/c1-12(2)18(24)23-7-5-6-15(10-23)17-9-16(8-13(3)20-17)22-19-21-14(4)11-25-19/h8-9,11-12,15H,5-7,10H2,1-4H3,(H,20,21,22)/t15-/m1/s1. The van der Waals surface area contributed by atoms with Crippen molar-refractivity contribution in [1.82, 2.24) is 14.9 Å². The van der Waals surface area contributed by atoms with Crippen molar-refractivity contribution in [3.8, 4) is 0 Å². The molecule has 1 N–H and O–H groups in total. The van der Waals surface area contributed by atoms with Crippen LogP contribution in [0.5, 0.6) is 0 Å². The van der Waals surface area contributed by atoms with Gasteiger partial charge in [0.05, 0.1) is 5.69 Å². The van der Waals surface area contributed by atoms with E-state index in [0.29, 0.717) is 5.92 Å². The van der Waals surface area contributed by atoms with Gasteiger partial charge in [0.2, 0.25) is 5.91 Å². The van der Waals surface area contributed by atoms with Crippen LogP contribution in [-0.2, 0) is 4.79 Å². The lowest BCUT2D eigenvalue weighted by molar-refractivity contribution is -0.135. The van der Waals surface area contributed by atoms with Crippen molar-refractivity contribution >= 4 is 28.1 Å². The SMILES string of the molecule is Cc1cc(Nc2nc(C)cs2)cc([C@@H]2CCCN(C(=O)C(C)C)C2)n1. The number of nitrogens with one attached hydrogen (secondary N) is 1. The van der Waals surface area contributed by atoms with Gasteiger partial charge in [0, 0.05) is 47.4 Å². The second-order valence-electron chi connectivity index (χ2n) is 7.12. The van der Waals surface area contributed by atoms with Gasteiger partial charge in [0.15, 0.2) is 5.13 Å². The molecule has 5 nitrogen and oxygen atoms in total. The molecule has 134 valence electrons. The number of aromatic nitrogens is 2. The van der Waals surface area contributed by atoms with Crippen LogP contribution in [0.1, 0.15) is 49.7 Å². The Labute approximate surface area is 153 Å². The second-order valence-corrected chi connectivity index (χ2v) is 7.98. The van der Waals surface area contributed by atoms with Crippen LogP contribution >= 0.6 is 11.3 Å². The predicted octanol–water partition coefficient (Wildman–Crippen LogP) is 4.26. The molecule has 3 rings (SSSR count). The average molecular weight is 359 g/mol. The lowest BCUT2D eigenvalue weighted by Gasteiger charge is -2.33. The molecule has 0 spiro atoms. The number of rotatable bonds is 4. The normalized spacial score (nSPS) is 17.8. The highest BCUT2D eigenvalue weighted by Crippen LogP contribution is 2.30. The summed E-state index contributed by atoms with van der Waals surface area (Å²) in [5.74, 6) is 0.596. The van der Waals surface area contributed by atoms with Crippen molar-refractivity contribution < 1.29 is 4.79 Å². The van der Waals surface area contributed by atoms with E-state index in [1.54, 1.807) is 11.3 Å². The third-order valence-corrected chi connectivity index (χ3v) is 5.36. The zero-order valence-electron chi connectivity index (χ0n) is 15.4. The number of anilines is 2. The summed E-state index contributed by atoms with van der Waals surface area (Å²) < 4.78 is 0. The maximum absolute atomic E-state index is 12.3. The van der Waals surface area contributed by atoms with Crippen molar-refractivity contribution in [2.45, 2.75) is 46.5 Å². The molecule has 25 heavy (non-hydrogen) atoms. The first kappa shape index (κ1) is 17.9. The zero-order chi connectivity index (χ0) is 18.0. The van der Waals surface area contributed by atoms with Crippen molar-refractivity contribution in [1.29, 1.82) is 0 Å². The van der Waals surface area contributed by atoms with Gasteiger partial charge < -0.3 is 10.2 Å². The summed E-state index contributed by atoms with van der Waals surface area (Å²) >= 11 is 1.60. The lowest BCUT2D eigenvalue weighted by atomic mass is 9.93. The fourth-order valence-corrected chi connectivity index (χ4v) is 4.00. The molecule has 0 bridgehead atoms. The Bertz CT molecular complexity index is 756. The van der Waals surface area contributed by atoms with E-state index in [9.17, 15) is 4.79 Å². The summed E-state index contributed by atoms with van der Waals surface area (Å²) in [5, 5.41) is 6.32. The van der Waals surface area contributed by atoms with Gasteiger partial charge in [-0.05, 0) is 38.8 Å². The molecule has 0 saturated carbocycles. The molecular weight excluding hydrogens is 332 g/mol. The molecule has 1 atom stereocenters. The van der Waals surface area contributed by atoms with Crippen molar-refractivity contribution in [3.05, 3.63) is 34.6 Å². The number of carbonyl (C=O) groups excluding carboxylic acids is 1. The smallest absolute Gasteiger partial charge is 0.225 e. The van der Waals surface area contributed by atoms with E-state index < -0.39 is 0 Å². The summed E-state index contributed by atoms with van der Waals surface area (Å²) in [5.41, 5.74) is 4.09. The van der Waals surface area contributed by atoms with Gasteiger partial charge in [-0.3, -0.25) is 9.78 Å². The van der Waals surface area contributed by atoms with E-state index in [0.717, 1.165) is 53.8 Å². The first-order valence-corrected chi connectivity index (χ1v) is 9.77. The van der Waals surface area contributed by atoms with E-state index in [1.165, 1.54) is 0 Å². The van der Waals surface area contributed by atoms with Crippen LogP contribution in [0.3, 0.4) is 0 Å². The van der Waals surface area contributed by atoms with Gasteiger partial charge in [-0.15, -0.1) is 11.3 Å². The highest BCUT2D eigenvalue weighted by Gasteiger charge is 2.27. The molecule has 1 aliphatic rings. The maximum atomic E-state index is 12.3. The van der Waals surface area contributed by atoms with Gasteiger partial charge in [-0.1, -0.05) is 13.8 Å². The molecule has 6 heteroatoms. The number of hydrogen-bond donors (Lipinski definition) is 1. The first-order chi connectivity index (χ1) is 11.9. The fraction of sp³-hybridized carbons (Fsp3) is 0.526. The third-order valence-electron chi connectivity index (χ3n) is 4.49. The number of likely N-dealkylation sites (tertiary alicyclic amines) is 1. The van der Waals surface area contributed by atoms with Gasteiger partial charge in [0.25, 0.3) is 0 Å². The number of thiazole rings is 1. The molecule has 1 fully saturated rings. The van der Waals surface area contributed by atoms with Gasteiger partial charge in [-0.2, -0.15) is 0 Å². The molecule has 0 aromatic carbocycles. The van der Waals surface area contributed by atoms with Crippen molar-refractivity contribution in [2.24, 2.45) is 5.92 Å². The second kappa shape index (κ2) is 7.52. The minimum atomic E-state index is 0.0505. The number of pyridine rings is 1. The zero-order valence-corrected chi connectivity index (χ0v) is 16.2. The Hall–Kier alpha value is -1.95. The van der Waals surface area contributed by atoms with Gasteiger partial charge in [0.1, 0.15) is 0 Å². The van der Waals surface area contributed by atoms with Gasteiger partial charge in [-0.25, -0.2) is 4.98 Å². The van der Waals surface area contributed by atoms with Crippen LogP contribution in [0, 0.1) is 19.8 Å². The Morgan fingerprint density at radius 1 is 1.28 bits per heavy atom. The molecule has 0 radical (unpaired) electrons. The Balaban J connectivity index is 1.78. The maximum Gasteiger partial charge on any atom is 0.225 e. The van der Waals surface area contributed by atoms with Crippen LogP contribution in [0.15, 0.2) is 17.5 Å². The quantitative estimate of drug-likeness (QED) is 0.887. The van der Waals surface area contributed by atoms with Crippen LogP contribution in [0.4, 0.5) is 10.8 Å². The molecule has 1 aliphatic heterocycles. The minimum Gasteiger partial charge on any atom is -0.342 e. The average Bonchev–Trinajstić information content (AvgIpc) is 2.98. The van der Waals surface area contributed by atoms with E-state index >= 15 is 0 Å². The number of nitrogens with zero attached hydrogens (tertiary/aromatic N) is 3. The molecule has 1 saturated heterocycles. The Kier molecular flexibility index (Phi) is 5.37. The largest absolute Gasteiger partial charge is 0.342 e. The summed E-state index contributed by atoms with van der Waals surface area (Å²) in [6, 6.07) is 4.15. The van der Waals surface area contributed by atoms with E-state index in [4.69, 9.17) is 4.98 Å². The van der Waals surface area contributed by atoms with Crippen LogP contribution in [0.25, 0.3) is 0 Å². The van der Waals surface area contributed by atoms with E-state index in [-0.39, 0.29) is 11.8 Å². The molecule has 3 heterocycles. The van der Waals surface area contributed by atoms with Gasteiger partial charge >= 0.3 is 0 Å². The van der Waals surface area contributed by atoms with Crippen molar-refractivity contribution in [3.63, 3.8) is 0 Å². The Morgan fingerprint density at radius 3 is 2.76 bits per heavy atom. The van der Waals surface area contributed by atoms with Crippen molar-refractivity contribution in [2.75, 3.05) is 18.4 Å². The van der Waals surface area contributed by atoms with Crippen LogP contribution in [0.2, 0.25) is 0 Å². The molecule has 0 unspecified atom stereocenters. The summed E-state index contributed by atoms with van der Waals surface area (Å²) in [7, 11) is 0. The highest BCUT2D eigenvalue weighted by atomic mass is 32.1. The van der Waals surface area contributed by atoms with E-state index in [2.05, 4.69) is 16.4 Å². The number of amides is 1. The third kappa shape index (κ3) is 4.37. The van der Waals surface area contributed by atoms with Crippen LogP contribution < -0.4 is 5.32 Å². The topological polar surface area (TPSA) is 58.1 Å². The first-order valence-electron chi connectivity index (χ1n) is 8.89. The van der Waals surface area contributed by atoms with E-state index in [1.807, 2.05) is 44.0 Å². The molecular formula is C19H26N4OS. The number of hydrogen-bond acceptors (Lipinski definition) is 5. The molecule has 1 amide bonds. The molecule has 2 aromatic heterocycles. The van der Waals surface area contributed by atoms with Crippen LogP contribution in [-0.4, -0.2) is 33.9 Å². The molecule has 0 aliphatic carbocycles. The lowest BCUT2D eigenvalue weighted by Crippen LogP contribution is -2.41. The molecule has 2 aromatic rings. The number of carbonyl (C=O) groups is 1. The fourth-order valence-electron chi connectivity index (χ4n) is 3.29. The number of piperidine rings is 1. The Morgan fingerprint density at radius 2 is 2.08 bits per heavy atom. The highest BCUT2D eigenvalue weighted by molar-refractivity contribution is 7.13.